The molecule has 0 bridgehead atoms. The molecule has 6 heteroatoms. The van der Waals surface area contributed by atoms with Crippen LogP contribution in [0.5, 0.6) is 0 Å². The molecule has 1 heterocycles. The third-order valence-corrected chi connectivity index (χ3v) is 4.18. The number of aliphatic hydroxyl groups is 1. The molecule has 2 amide bonds. The molecule has 2 N–H and O–H groups in total. The molecule has 1 aromatic heterocycles. The third kappa shape index (κ3) is 4.47. The monoisotopic (exact) mass is 285 g/mol. The van der Waals surface area contributed by atoms with Crippen molar-refractivity contribution in [2.45, 2.75) is 45.7 Å². The Morgan fingerprint density at radius 1 is 1.58 bits per heavy atom. The van der Waals surface area contributed by atoms with Crippen LogP contribution >= 0.6 is 11.3 Å². The predicted molar refractivity (Wildman–Crippen MR) is 77.4 cm³/mol. The van der Waals surface area contributed by atoms with Crippen LogP contribution in [0.2, 0.25) is 0 Å². The molecule has 5 nitrogen and oxygen atoms in total. The minimum absolute atomic E-state index is 0.0368. The number of urea groups is 1. The number of nitrogens with one attached hydrogen (secondary N) is 1. The average Bonchev–Trinajstić information content (AvgIpc) is 2.82. The summed E-state index contributed by atoms with van der Waals surface area (Å²) in [5.41, 5.74) is 0.906. The van der Waals surface area contributed by atoms with Crippen molar-refractivity contribution >= 4 is 17.4 Å². The number of nitrogens with zero attached hydrogens (tertiary/aromatic N) is 2. The van der Waals surface area contributed by atoms with Crippen LogP contribution in [0.3, 0.4) is 0 Å². The number of likely N-dealkylation sites (N-methyl/N-ethyl adjacent to an activating group) is 1. The van der Waals surface area contributed by atoms with E-state index in [1.807, 2.05) is 5.38 Å². The number of carbonyl (C=O) groups excluding carboxylic acids is 1. The maximum Gasteiger partial charge on any atom is 0.317 e. The SMILES string of the molecule is CC(CO)N(C)C(=O)NCc1csc(C(C)(C)C)n1. The van der Waals surface area contributed by atoms with Crippen molar-refractivity contribution in [3.63, 3.8) is 0 Å². The molecule has 0 aliphatic carbocycles. The number of aromatic nitrogens is 1. The van der Waals surface area contributed by atoms with Gasteiger partial charge in [-0.15, -0.1) is 11.3 Å². The highest BCUT2D eigenvalue weighted by molar-refractivity contribution is 7.09. The van der Waals surface area contributed by atoms with Gasteiger partial charge in [0.2, 0.25) is 0 Å². The van der Waals surface area contributed by atoms with E-state index in [1.165, 1.54) is 4.90 Å². The van der Waals surface area contributed by atoms with E-state index in [9.17, 15) is 4.79 Å². The van der Waals surface area contributed by atoms with E-state index >= 15 is 0 Å². The molecule has 0 radical (unpaired) electrons. The molecule has 0 fully saturated rings. The second kappa shape index (κ2) is 6.34. The Labute approximate surface area is 118 Å². The van der Waals surface area contributed by atoms with Crippen LogP contribution in [0.4, 0.5) is 4.79 Å². The average molecular weight is 285 g/mol. The summed E-state index contributed by atoms with van der Waals surface area (Å²) in [4.78, 5) is 17.8. The largest absolute Gasteiger partial charge is 0.394 e. The van der Waals surface area contributed by atoms with E-state index in [1.54, 1.807) is 25.3 Å². The molecule has 0 aliphatic rings. The van der Waals surface area contributed by atoms with E-state index in [2.05, 4.69) is 31.1 Å². The molecule has 0 aromatic carbocycles. The number of rotatable bonds is 4. The maximum absolute atomic E-state index is 11.8. The van der Waals surface area contributed by atoms with Gasteiger partial charge < -0.3 is 15.3 Å². The minimum Gasteiger partial charge on any atom is -0.394 e. The standard InChI is InChI=1S/C13H23N3O2S/c1-9(7-17)16(5)12(18)14-6-10-8-19-11(15-10)13(2,3)4/h8-9,17H,6-7H2,1-5H3,(H,14,18). The topological polar surface area (TPSA) is 65.5 Å². The maximum atomic E-state index is 11.8. The van der Waals surface area contributed by atoms with E-state index in [4.69, 9.17) is 5.11 Å². The highest BCUT2D eigenvalue weighted by Crippen LogP contribution is 2.25. The lowest BCUT2D eigenvalue weighted by Gasteiger charge is -2.23. The Bertz CT molecular complexity index is 426. The fraction of sp³-hybridized carbons (Fsp3) is 0.692. The van der Waals surface area contributed by atoms with Crippen LogP contribution in [-0.2, 0) is 12.0 Å². The minimum atomic E-state index is -0.202. The predicted octanol–water partition coefficient (Wildman–Crippen LogP) is 1.96. The smallest absolute Gasteiger partial charge is 0.317 e. The first-order valence-electron chi connectivity index (χ1n) is 6.32. The Balaban J connectivity index is 2.53. The van der Waals surface area contributed by atoms with Gasteiger partial charge in [-0.05, 0) is 6.92 Å². The Hall–Kier alpha value is -1.14. The van der Waals surface area contributed by atoms with Crippen molar-refractivity contribution in [2.24, 2.45) is 0 Å². The summed E-state index contributed by atoms with van der Waals surface area (Å²) in [6.07, 6.45) is 0. The lowest BCUT2D eigenvalue weighted by Crippen LogP contribution is -2.43. The van der Waals surface area contributed by atoms with Gasteiger partial charge in [0.15, 0.2) is 0 Å². The van der Waals surface area contributed by atoms with Crippen molar-refractivity contribution in [1.29, 1.82) is 0 Å². The summed E-state index contributed by atoms with van der Waals surface area (Å²) < 4.78 is 0. The zero-order valence-corrected chi connectivity index (χ0v) is 13.0. The van der Waals surface area contributed by atoms with Crippen LogP contribution in [0.15, 0.2) is 5.38 Å². The Kier molecular flexibility index (Phi) is 5.31. The van der Waals surface area contributed by atoms with Gasteiger partial charge in [-0.1, -0.05) is 20.8 Å². The first kappa shape index (κ1) is 15.9. The fourth-order valence-corrected chi connectivity index (χ4v) is 2.25. The van der Waals surface area contributed by atoms with Crippen LogP contribution in [-0.4, -0.2) is 40.7 Å². The van der Waals surface area contributed by atoms with Gasteiger partial charge >= 0.3 is 6.03 Å². The molecular formula is C13H23N3O2S. The summed E-state index contributed by atoms with van der Waals surface area (Å²) >= 11 is 1.61. The zero-order chi connectivity index (χ0) is 14.6. The van der Waals surface area contributed by atoms with Crippen molar-refractivity contribution in [1.82, 2.24) is 15.2 Å². The quantitative estimate of drug-likeness (QED) is 0.889. The van der Waals surface area contributed by atoms with Gasteiger partial charge in [0.25, 0.3) is 0 Å². The van der Waals surface area contributed by atoms with Gasteiger partial charge in [-0.3, -0.25) is 0 Å². The van der Waals surface area contributed by atoms with E-state index in [0.29, 0.717) is 6.54 Å². The second-order valence-electron chi connectivity index (χ2n) is 5.70. The van der Waals surface area contributed by atoms with Gasteiger partial charge in [0, 0.05) is 17.8 Å². The molecular weight excluding hydrogens is 262 g/mol. The summed E-state index contributed by atoms with van der Waals surface area (Å²) in [7, 11) is 1.66. The van der Waals surface area contributed by atoms with Crippen molar-refractivity contribution in [3.8, 4) is 0 Å². The number of aliphatic hydroxyl groups excluding tert-OH is 1. The summed E-state index contributed by atoms with van der Waals surface area (Å²) in [5, 5.41) is 14.8. The summed E-state index contributed by atoms with van der Waals surface area (Å²) in [6.45, 7) is 8.50. The first-order valence-corrected chi connectivity index (χ1v) is 7.20. The van der Waals surface area contributed by atoms with E-state index in [0.717, 1.165) is 10.7 Å². The number of hydrogen-bond acceptors (Lipinski definition) is 4. The number of carbonyl (C=O) groups is 1. The number of amides is 2. The van der Waals surface area contributed by atoms with Gasteiger partial charge in [0.1, 0.15) is 0 Å². The van der Waals surface area contributed by atoms with Gasteiger partial charge in [-0.25, -0.2) is 9.78 Å². The molecule has 1 atom stereocenters. The van der Waals surface area contributed by atoms with Crippen molar-refractivity contribution in [3.05, 3.63) is 16.1 Å². The molecule has 1 aromatic rings. The normalized spacial score (nSPS) is 13.2. The van der Waals surface area contributed by atoms with Crippen LogP contribution < -0.4 is 5.32 Å². The highest BCUT2D eigenvalue weighted by Gasteiger charge is 2.19. The first-order chi connectivity index (χ1) is 8.75. The van der Waals surface area contributed by atoms with E-state index in [-0.39, 0.29) is 24.1 Å². The van der Waals surface area contributed by atoms with Crippen LogP contribution in [0, 0.1) is 0 Å². The third-order valence-electron chi connectivity index (χ3n) is 2.86. The van der Waals surface area contributed by atoms with Crippen LogP contribution in [0.1, 0.15) is 38.4 Å². The van der Waals surface area contributed by atoms with Crippen molar-refractivity contribution in [2.75, 3.05) is 13.7 Å². The van der Waals surface area contributed by atoms with Crippen molar-refractivity contribution < 1.29 is 9.90 Å². The van der Waals surface area contributed by atoms with Crippen LogP contribution in [0.25, 0.3) is 0 Å². The van der Waals surface area contributed by atoms with E-state index < -0.39 is 0 Å². The lowest BCUT2D eigenvalue weighted by atomic mass is 9.98. The number of thiazole rings is 1. The molecule has 0 saturated heterocycles. The molecule has 1 rings (SSSR count). The summed E-state index contributed by atoms with van der Waals surface area (Å²) in [6, 6.07) is -0.396. The summed E-state index contributed by atoms with van der Waals surface area (Å²) in [5.74, 6) is 0. The Morgan fingerprint density at radius 3 is 2.68 bits per heavy atom. The molecule has 1 unspecified atom stereocenters. The fourth-order valence-electron chi connectivity index (χ4n) is 1.35. The second-order valence-corrected chi connectivity index (χ2v) is 6.55. The molecule has 108 valence electrons. The highest BCUT2D eigenvalue weighted by atomic mass is 32.1. The Morgan fingerprint density at radius 2 is 2.21 bits per heavy atom. The molecule has 19 heavy (non-hydrogen) atoms. The number of hydrogen-bond donors (Lipinski definition) is 2. The molecule has 0 aliphatic heterocycles. The lowest BCUT2D eigenvalue weighted by molar-refractivity contribution is 0.157. The van der Waals surface area contributed by atoms with Gasteiger partial charge in [0.05, 0.1) is 29.9 Å². The molecule has 0 saturated carbocycles. The molecule has 0 spiro atoms. The van der Waals surface area contributed by atoms with Gasteiger partial charge in [-0.2, -0.15) is 0 Å². The zero-order valence-electron chi connectivity index (χ0n) is 12.2.